The second kappa shape index (κ2) is 71.7. The van der Waals surface area contributed by atoms with Gasteiger partial charge in [0.2, 0.25) is 0 Å². The molecule has 0 amide bonds. The van der Waals surface area contributed by atoms with Crippen molar-refractivity contribution in [2.75, 3.05) is 26.4 Å². The van der Waals surface area contributed by atoms with E-state index in [1.165, 1.54) is 38.5 Å². The number of rotatable bonds is 62. The SMILES string of the molecule is CC/C=C\C/C=C\C/C=C\C/C=C\C/C=C\C/C=C\C/C=C\C/C=C\C/C=C\CCCCCCCC(=O)OC(COC(=O)CCCCCCCCCCCC/C=C\C/C=C\C/C=C\C/C=C\C/C=C\C/C=C\C/C=C\C/C=C\CC)COP(=O)(O)OCCN. The molecule has 2 atom stereocenters. The van der Waals surface area contributed by atoms with Gasteiger partial charge in [0.25, 0.3) is 0 Å². The quantitative estimate of drug-likeness (QED) is 0.0264. The average Bonchev–Trinajstić information content (AvgIpc) is 3.58. The van der Waals surface area contributed by atoms with Gasteiger partial charge in [-0.1, -0.05) is 291 Å². The lowest BCUT2D eigenvalue weighted by Crippen LogP contribution is -2.29. The number of esters is 2. The van der Waals surface area contributed by atoms with Gasteiger partial charge in [0, 0.05) is 19.4 Å². The van der Waals surface area contributed by atoms with Crippen LogP contribution in [-0.4, -0.2) is 49.3 Å². The number of hydrogen-bond donors (Lipinski definition) is 2. The van der Waals surface area contributed by atoms with Crippen LogP contribution in [0.25, 0.3) is 0 Å². The second-order valence-electron chi connectivity index (χ2n) is 21.9. The zero-order valence-corrected chi connectivity index (χ0v) is 56.7. The lowest BCUT2D eigenvalue weighted by atomic mass is 10.1. The minimum Gasteiger partial charge on any atom is -0.462 e. The molecule has 498 valence electrons. The van der Waals surface area contributed by atoms with E-state index in [0.717, 1.165) is 167 Å². The van der Waals surface area contributed by atoms with Crippen molar-refractivity contribution in [3.05, 3.63) is 207 Å². The Balaban J connectivity index is 4.04. The number of allylic oxidation sites excluding steroid dienone is 34. The topological polar surface area (TPSA) is 134 Å². The number of carbonyl (C=O) groups is 2. The molecule has 0 radical (unpaired) electrons. The minimum atomic E-state index is -4.42. The van der Waals surface area contributed by atoms with E-state index in [1.54, 1.807) is 0 Å². The van der Waals surface area contributed by atoms with Crippen molar-refractivity contribution in [2.24, 2.45) is 5.73 Å². The first-order valence-corrected chi connectivity index (χ1v) is 36.1. The summed E-state index contributed by atoms with van der Waals surface area (Å²) in [6, 6.07) is 0. The second-order valence-corrected chi connectivity index (χ2v) is 23.4. The van der Waals surface area contributed by atoms with Crippen LogP contribution in [0.15, 0.2) is 207 Å². The first kappa shape index (κ1) is 83.6. The van der Waals surface area contributed by atoms with Gasteiger partial charge in [-0.05, 0) is 148 Å². The lowest BCUT2D eigenvalue weighted by Gasteiger charge is -2.19. The smallest absolute Gasteiger partial charge is 0.462 e. The third kappa shape index (κ3) is 71.5. The standard InChI is InChI=1S/C79H124NO8P/c1-3-5-7-9-11-13-15-17-19-21-23-25-27-29-31-33-35-37-38-40-41-43-45-47-49-51-53-55-57-59-61-63-65-67-69-71-78(81)85-75-77(76-87-89(83,84)86-74-73-80)88-79(82)72-70-68-66-64-62-60-58-56-54-52-50-48-46-44-42-39-36-34-32-30-28-26-24-22-20-18-16-14-12-10-8-6-4-2/h5-8,11-14,17-20,23-26,29-32,35-37,39-41,44-47,50,52,56,58,77H,3-4,9-10,15-16,21-22,27-28,33-34,38,42-43,48-49,51,53-55,57,59-76,80H2,1-2H3,(H,83,84)/b7-5-,8-6-,13-11-,14-12-,19-17-,20-18-,25-23-,26-24-,31-29-,32-30-,37-35-,39-36-,41-40-,46-44-,47-45-,52-50-,58-56-. The van der Waals surface area contributed by atoms with Crippen LogP contribution in [0.5, 0.6) is 0 Å². The number of unbranched alkanes of at least 4 members (excludes halogenated alkanes) is 15. The number of hydrogen-bond acceptors (Lipinski definition) is 8. The molecule has 0 aromatic heterocycles. The Morgan fingerprint density at radius 1 is 0.337 bits per heavy atom. The van der Waals surface area contributed by atoms with E-state index < -0.39 is 32.5 Å². The largest absolute Gasteiger partial charge is 0.472 e. The molecule has 0 bridgehead atoms. The fourth-order valence-electron chi connectivity index (χ4n) is 8.64. The van der Waals surface area contributed by atoms with Crippen LogP contribution in [0.2, 0.25) is 0 Å². The van der Waals surface area contributed by atoms with Crippen LogP contribution in [0.4, 0.5) is 0 Å². The Kier molecular flexibility index (Phi) is 67.3. The summed E-state index contributed by atoms with van der Waals surface area (Å²) < 4.78 is 33.1. The minimum absolute atomic E-state index is 0.0380. The van der Waals surface area contributed by atoms with Crippen molar-refractivity contribution in [2.45, 2.75) is 251 Å². The molecular formula is C79H124NO8P. The van der Waals surface area contributed by atoms with E-state index in [0.29, 0.717) is 12.8 Å². The van der Waals surface area contributed by atoms with Crippen molar-refractivity contribution < 1.29 is 37.6 Å². The Bertz CT molecular complexity index is 2210. The van der Waals surface area contributed by atoms with E-state index >= 15 is 0 Å². The van der Waals surface area contributed by atoms with Crippen molar-refractivity contribution in [1.29, 1.82) is 0 Å². The summed E-state index contributed by atoms with van der Waals surface area (Å²) >= 11 is 0. The van der Waals surface area contributed by atoms with Gasteiger partial charge in [-0.25, -0.2) is 4.57 Å². The highest BCUT2D eigenvalue weighted by Crippen LogP contribution is 2.43. The molecule has 9 nitrogen and oxygen atoms in total. The Hall–Kier alpha value is -5.41. The molecule has 0 aliphatic heterocycles. The molecule has 10 heteroatoms. The molecule has 0 rings (SSSR count). The maximum Gasteiger partial charge on any atom is 0.472 e. The highest BCUT2D eigenvalue weighted by molar-refractivity contribution is 7.47. The van der Waals surface area contributed by atoms with Crippen molar-refractivity contribution >= 4 is 19.8 Å². The van der Waals surface area contributed by atoms with Crippen molar-refractivity contribution in [3.8, 4) is 0 Å². The normalized spacial score (nSPS) is 14.2. The third-order valence-corrected chi connectivity index (χ3v) is 14.6. The summed E-state index contributed by atoms with van der Waals surface area (Å²) in [5.74, 6) is -0.870. The van der Waals surface area contributed by atoms with Gasteiger partial charge in [0.1, 0.15) is 6.61 Å². The number of carbonyl (C=O) groups excluding carboxylic acids is 2. The van der Waals surface area contributed by atoms with Crippen LogP contribution in [-0.2, 0) is 32.7 Å². The van der Waals surface area contributed by atoms with Gasteiger partial charge < -0.3 is 20.1 Å². The maximum atomic E-state index is 12.8. The molecular weight excluding hydrogens is 1120 g/mol. The maximum absolute atomic E-state index is 12.8. The number of phosphoric acid groups is 1. The lowest BCUT2D eigenvalue weighted by molar-refractivity contribution is -0.161. The van der Waals surface area contributed by atoms with E-state index in [-0.39, 0.29) is 32.6 Å². The molecule has 0 aliphatic rings. The highest BCUT2D eigenvalue weighted by Gasteiger charge is 2.26. The highest BCUT2D eigenvalue weighted by atomic mass is 31.2. The van der Waals surface area contributed by atoms with E-state index in [4.69, 9.17) is 24.3 Å². The monoisotopic (exact) mass is 1250 g/mol. The van der Waals surface area contributed by atoms with Gasteiger partial charge in [0.15, 0.2) is 6.10 Å². The zero-order chi connectivity index (χ0) is 64.4. The molecule has 2 unspecified atom stereocenters. The van der Waals surface area contributed by atoms with Gasteiger partial charge in [-0.2, -0.15) is 0 Å². The fraction of sp³-hybridized carbons (Fsp3) is 0.544. The van der Waals surface area contributed by atoms with E-state index in [2.05, 4.69) is 220 Å². The summed E-state index contributed by atoms with van der Waals surface area (Å²) in [4.78, 5) is 35.4. The van der Waals surface area contributed by atoms with Gasteiger partial charge >= 0.3 is 19.8 Å². The molecule has 0 heterocycles. The van der Waals surface area contributed by atoms with Crippen LogP contribution >= 0.6 is 7.82 Å². The van der Waals surface area contributed by atoms with Gasteiger partial charge in [-0.3, -0.25) is 18.6 Å². The van der Waals surface area contributed by atoms with Crippen LogP contribution in [0, 0.1) is 0 Å². The zero-order valence-electron chi connectivity index (χ0n) is 55.8. The molecule has 0 saturated heterocycles. The van der Waals surface area contributed by atoms with E-state index in [9.17, 15) is 19.0 Å². The third-order valence-electron chi connectivity index (χ3n) is 13.7. The predicted molar refractivity (Wildman–Crippen MR) is 385 cm³/mol. The van der Waals surface area contributed by atoms with Gasteiger partial charge in [0.05, 0.1) is 13.2 Å². The Morgan fingerprint density at radius 3 is 0.865 bits per heavy atom. The molecule has 3 N–H and O–H groups in total. The summed E-state index contributed by atoms with van der Waals surface area (Å²) in [6.07, 6.45) is 110. The number of nitrogens with two attached hydrogens (primary N) is 1. The summed E-state index contributed by atoms with van der Waals surface area (Å²) in [5, 5.41) is 0. The molecule has 0 aromatic carbocycles. The summed E-state index contributed by atoms with van der Waals surface area (Å²) in [6.45, 7) is 3.46. The fourth-order valence-corrected chi connectivity index (χ4v) is 9.41. The van der Waals surface area contributed by atoms with E-state index in [1.807, 2.05) is 0 Å². The molecule has 0 spiro atoms. The first-order chi connectivity index (χ1) is 43.8. The van der Waals surface area contributed by atoms with Crippen LogP contribution in [0.1, 0.15) is 245 Å². The summed E-state index contributed by atoms with van der Waals surface area (Å²) in [7, 11) is -4.42. The Morgan fingerprint density at radius 2 is 0.584 bits per heavy atom. The number of phosphoric ester groups is 1. The number of ether oxygens (including phenoxy) is 2. The predicted octanol–water partition coefficient (Wildman–Crippen LogP) is 23.1. The average molecular weight is 1250 g/mol. The molecule has 0 saturated carbocycles. The van der Waals surface area contributed by atoms with Crippen molar-refractivity contribution in [1.82, 2.24) is 0 Å². The van der Waals surface area contributed by atoms with Crippen LogP contribution in [0.3, 0.4) is 0 Å². The molecule has 0 aliphatic carbocycles. The molecule has 0 fully saturated rings. The molecule has 89 heavy (non-hydrogen) atoms. The molecule has 0 aromatic rings. The van der Waals surface area contributed by atoms with Crippen molar-refractivity contribution in [3.63, 3.8) is 0 Å². The van der Waals surface area contributed by atoms with Crippen LogP contribution < -0.4 is 5.73 Å². The van der Waals surface area contributed by atoms with Gasteiger partial charge in [-0.15, -0.1) is 0 Å². The summed E-state index contributed by atoms with van der Waals surface area (Å²) in [5.41, 5.74) is 5.40. The Labute approximate surface area is 544 Å². The first-order valence-electron chi connectivity index (χ1n) is 34.6.